The quantitative estimate of drug-likeness (QED) is 0.673. The summed E-state index contributed by atoms with van der Waals surface area (Å²) in [6.07, 6.45) is 0. The fraction of sp³-hybridized carbons (Fsp3) is 0.150. The third kappa shape index (κ3) is 4.06. The molecule has 0 saturated carbocycles. The smallest absolute Gasteiger partial charge is 0.340 e. The van der Waals surface area contributed by atoms with Gasteiger partial charge in [0.2, 0.25) is 0 Å². The van der Waals surface area contributed by atoms with Crippen molar-refractivity contribution >= 4 is 40.1 Å². The van der Waals surface area contributed by atoms with Crippen LogP contribution in [0.3, 0.4) is 0 Å². The molecule has 2 aromatic carbocycles. The van der Waals surface area contributed by atoms with Crippen molar-refractivity contribution in [2.75, 3.05) is 11.9 Å². The molecule has 138 valence electrons. The van der Waals surface area contributed by atoms with Crippen molar-refractivity contribution in [2.45, 2.75) is 13.8 Å². The van der Waals surface area contributed by atoms with Crippen LogP contribution in [0.4, 0.5) is 10.1 Å². The van der Waals surface area contributed by atoms with Gasteiger partial charge in [0.15, 0.2) is 6.61 Å². The summed E-state index contributed by atoms with van der Waals surface area (Å²) in [6, 6.07) is 11.2. The number of anilines is 1. The Kier molecular flexibility index (Phi) is 5.37. The number of aromatic nitrogens is 1. The lowest BCUT2D eigenvalue weighted by atomic mass is 10.0. The highest BCUT2D eigenvalue weighted by Gasteiger charge is 2.19. The van der Waals surface area contributed by atoms with Crippen LogP contribution in [0.25, 0.3) is 10.9 Å². The lowest BCUT2D eigenvalue weighted by molar-refractivity contribution is -0.119. The maximum Gasteiger partial charge on any atom is 0.340 e. The highest BCUT2D eigenvalue weighted by atomic mass is 35.5. The molecule has 27 heavy (non-hydrogen) atoms. The molecule has 0 unspecified atom stereocenters. The first kappa shape index (κ1) is 18.8. The fourth-order valence-corrected chi connectivity index (χ4v) is 2.99. The summed E-state index contributed by atoms with van der Waals surface area (Å²) >= 11 is 5.78. The van der Waals surface area contributed by atoms with E-state index >= 15 is 0 Å². The molecule has 1 amide bonds. The van der Waals surface area contributed by atoms with E-state index in [1.807, 2.05) is 24.3 Å². The summed E-state index contributed by atoms with van der Waals surface area (Å²) < 4.78 is 18.8. The van der Waals surface area contributed by atoms with E-state index in [9.17, 15) is 14.0 Å². The molecule has 5 nitrogen and oxygen atoms in total. The number of esters is 1. The first-order valence-electron chi connectivity index (χ1n) is 8.15. The third-order valence-electron chi connectivity index (χ3n) is 4.07. The number of fused-ring (bicyclic) bond motifs is 1. The van der Waals surface area contributed by atoms with Crippen molar-refractivity contribution in [1.82, 2.24) is 4.98 Å². The van der Waals surface area contributed by atoms with Crippen LogP contribution in [0.1, 0.15) is 21.6 Å². The van der Waals surface area contributed by atoms with Crippen molar-refractivity contribution in [3.8, 4) is 0 Å². The van der Waals surface area contributed by atoms with Gasteiger partial charge >= 0.3 is 5.97 Å². The Balaban J connectivity index is 1.73. The number of nitrogens with one attached hydrogen (secondary N) is 1. The van der Waals surface area contributed by atoms with Gasteiger partial charge in [-0.1, -0.05) is 29.8 Å². The standard InChI is InChI=1S/C20H16ClFN2O3/c1-11-14-5-3-4-6-16(14)23-12(2)19(11)20(26)27-10-18(25)24-17-9-13(21)7-8-15(17)22/h3-9H,10H2,1-2H3,(H,24,25). The number of halogens is 2. The number of carbonyl (C=O) groups is 2. The molecule has 0 saturated heterocycles. The monoisotopic (exact) mass is 386 g/mol. The molecule has 0 aliphatic heterocycles. The van der Waals surface area contributed by atoms with E-state index in [4.69, 9.17) is 16.3 Å². The average molecular weight is 387 g/mol. The van der Waals surface area contributed by atoms with E-state index in [0.717, 1.165) is 22.5 Å². The summed E-state index contributed by atoms with van der Waals surface area (Å²) in [5.74, 6) is -1.97. The molecule has 0 spiro atoms. The van der Waals surface area contributed by atoms with Gasteiger partial charge in [-0.2, -0.15) is 0 Å². The van der Waals surface area contributed by atoms with Crippen LogP contribution in [-0.2, 0) is 9.53 Å². The van der Waals surface area contributed by atoms with E-state index < -0.39 is 24.3 Å². The highest BCUT2D eigenvalue weighted by Crippen LogP contribution is 2.23. The molecular formula is C20H16ClFN2O3. The first-order valence-corrected chi connectivity index (χ1v) is 8.52. The molecule has 0 aliphatic rings. The van der Waals surface area contributed by atoms with Crippen LogP contribution in [0.5, 0.6) is 0 Å². The Labute approximate surface area is 160 Å². The van der Waals surface area contributed by atoms with Crippen LogP contribution < -0.4 is 5.32 Å². The Morgan fingerprint density at radius 2 is 1.93 bits per heavy atom. The fourth-order valence-electron chi connectivity index (χ4n) is 2.81. The number of rotatable bonds is 4. The van der Waals surface area contributed by atoms with Gasteiger partial charge in [0.1, 0.15) is 5.82 Å². The number of nitrogens with zero attached hydrogens (tertiary/aromatic N) is 1. The Hall–Kier alpha value is -2.99. The van der Waals surface area contributed by atoms with Crippen molar-refractivity contribution in [3.63, 3.8) is 0 Å². The van der Waals surface area contributed by atoms with Gasteiger partial charge in [-0.3, -0.25) is 9.78 Å². The number of hydrogen-bond acceptors (Lipinski definition) is 4. The number of para-hydroxylation sites is 1. The van der Waals surface area contributed by atoms with Gasteiger partial charge < -0.3 is 10.1 Å². The van der Waals surface area contributed by atoms with Crippen molar-refractivity contribution in [2.24, 2.45) is 0 Å². The minimum Gasteiger partial charge on any atom is -0.452 e. The normalized spacial score (nSPS) is 10.7. The number of aryl methyl sites for hydroxylation is 2. The van der Waals surface area contributed by atoms with Gasteiger partial charge in [-0.05, 0) is 43.7 Å². The third-order valence-corrected chi connectivity index (χ3v) is 4.31. The molecule has 3 aromatic rings. The molecule has 0 radical (unpaired) electrons. The largest absolute Gasteiger partial charge is 0.452 e. The van der Waals surface area contributed by atoms with E-state index in [2.05, 4.69) is 10.3 Å². The van der Waals surface area contributed by atoms with E-state index in [-0.39, 0.29) is 10.7 Å². The van der Waals surface area contributed by atoms with Gasteiger partial charge in [0, 0.05) is 10.4 Å². The molecular weight excluding hydrogens is 371 g/mol. The zero-order chi connectivity index (χ0) is 19.6. The molecule has 3 rings (SSSR count). The number of pyridine rings is 1. The van der Waals surface area contributed by atoms with E-state index in [1.54, 1.807) is 13.8 Å². The van der Waals surface area contributed by atoms with Gasteiger partial charge in [-0.25, -0.2) is 9.18 Å². The number of benzene rings is 2. The second-order valence-electron chi connectivity index (χ2n) is 5.96. The van der Waals surface area contributed by atoms with Crippen LogP contribution in [0.15, 0.2) is 42.5 Å². The summed E-state index contributed by atoms with van der Waals surface area (Å²) in [6.45, 7) is 2.95. The van der Waals surface area contributed by atoms with E-state index in [1.165, 1.54) is 12.1 Å². The topological polar surface area (TPSA) is 68.3 Å². The maximum atomic E-state index is 13.7. The minimum absolute atomic E-state index is 0.0803. The first-order chi connectivity index (χ1) is 12.9. The maximum absolute atomic E-state index is 13.7. The van der Waals surface area contributed by atoms with Crippen LogP contribution >= 0.6 is 11.6 Å². The van der Waals surface area contributed by atoms with Crippen molar-refractivity contribution < 1.29 is 18.7 Å². The lowest BCUT2D eigenvalue weighted by Gasteiger charge is -2.12. The van der Waals surface area contributed by atoms with Crippen LogP contribution in [0, 0.1) is 19.7 Å². The summed E-state index contributed by atoms with van der Waals surface area (Å²) in [7, 11) is 0. The second-order valence-corrected chi connectivity index (χ2v) is 6.40. The summed E-state index contributed by atoms with van der Waals surface area (Å²) in [4.78, 5) is 28.9. The van der Waals surface area contributed by atoms with Gasteiger partial charge in [0.25, 0.3) is 5.91 Å². The van der Waals surface area contributed by atoms with Gasteiger partial charge in [-0.15, -0.1) is 0 Å². The van der Waals surface area contributed by atoms with Crippen molar-refractivity contribution in [1.29, 1.82) is 0 Å². The second kappa shape index (κ2) is 7.72. The molecule has 1 heterocycles. The zero-order valence-electron chi connectivity index (χ0n) is 14.7. The molecule has 7 heteroatoms. The lowest BCUT2D eigenvalue weighted by Crippen LogP contribution is -2.22. The predicted octanol–water partition coefficient (Wildman–Crippen LogP) is 4.44. The van der Waals surface area contributed by atoms with Crippen LogP contribution in [-0.4, -0.2) is 23.5 Å². The minimum atomic E-state index is -0.673. The van der Waals surface area contributed by atoms with Gasteiger partial charge in [0.05, 0.1) is 22.5 Å². The number of amides is 1. The number of hydrogen-bond donors (Lipinski definition) is 1. The molecule has 0 aliphatic carbocycles. The molecule has 0 bridgehead atoms. The Morgan fingerprint density at radius 1 is 1.19 bits per heavy atom. The predicted molar refractivity (Wildman–Crippen MR) is 102 cm³/mol. The Morgan fingerprint density at radius 3 is 2.70 bits per heavy atom. The highest BCUT2D eigenvalue weighted by molar-refractivity contribution is 6.30. The SMILES string of the molecule is Cc1nc2ccccc2c(C)c1C(=O)OCC(=O)Nc1cc(Cl)ccc1F. The average Bonchev–Trinajstić information content (AvgIpc) is 2.63. The summed E-state index contributed by atoms with van der Waals surface area (Å²) in [5.41, 5.74) is 2.25. The number of ether oxygens (including phenoxy) is 1. The Bertz CT molecular complexity index is 1050. The molecule has 1 aromatic heterocycles. The summed E-state index contributed by atoms with van der Waals surface area (Å²) in [5, 5.41) is 3.43. The zero-order valence-corrected chi connectivity index (χ0v) is 15.4. The van der Waals surface area contributed by atoms with E-state index in [0.29, 0.717) is 11.3 Å². The molecule has 1 N–H and O–H groups in total. The van der Waals surface area contributed by atoms with Crippen LogP contribution in [0.2, 0.25) is 5.02 Å². The molecule has 0 atom stereocenters. The van der Waals surface area contributed by atoms with Crippen molar-refractivity contribution in [3.05, 3.63) is 70.1 Å². The number of carbonyl (C=O) groups excluding carboxylic acids is 2. The molecule has 0 fully saturated rings.